The maximum absolute atomic E-state index is 11.4. The molecule has 6 heteroatoms. The second kappa shape index (κ2) is 3.49. The Bertz CT molecular complexity index is 483. The number of hydrogen-bond acceptors (Lipinski definition) is 4. The minimum absolute atomic E-state index is 0.155. The monoisotopic (exact) mass is 198 g/mol. The molecule has 0 saturated heterocycles. The summed E-state index contributed by atoms with van der Waals surface area (Å²) < 4.78 is 6.40. The van der Waals surface area contributed by atoms with Crippen molar-refractivity contribution in [2.45, 2.75) is 0 Å². The lowest BCUT2D eigenvalue weighted by Crippen LogP contribution is -2.39. The Kier molecular flexibility index (Phi) is 2.55. The van der Waals surface area contributed by atoms with E-state index in [1.54, 1.807) is 0 Å². The first-order chi connectivity index (χ1) is 6.49. The number of esters is 1. The Labute approximate surface area is 79.3 Å². The van der Waals surface area contributed by atoms with E-state index in [0.29, 0.717) is 0 Å². The van der Waals surface area contributed by atoms with Gasteiger partial charge < -0.3 is 9.30 Å². The van der Waals surface area contributed by atoms with Gasteiger partial charge in [0, 0.05) is 20.3 Å². The lowest BCUT2D eigenvalue weighted by molar-refractivity contribution is 0.0596. The third kappa shape index (κ3) is 1.46. The van der Waals surface area contributed by atoms with Crippen LogP contribution in [0.4, 0.5) is 0 Å². The molecule has 0 radical (unpaired) electrons. The molecule has 6 nitrogen and oxygen atoms in total. The highest BCUT2D eigenvalue weighted by atomic mass is 16.5. The van der Waals surface area contributed by atoms with E-state index in [1.807, 2.05) is 0 Å². The third-order valence-electron chi connectivity index (χ3n) is 1.85. The molecule has 0 aliphatic heterocycles. The first-order valence-electron chi connectivity index (χ1n) is 3.84. The van der Waals surface area contributed by atoms with Crippen LogP contribution < -0.4 is 11.2 Å². The van der Waals surface area contributed by atoms with Gasteiger partial charge in [0.05, 0.1) is 7.11 Å². The molecule has 1 aromatic rings. The van der Waals surface area contributed by atoms with E-state index >= 15 is 0 Å². The molecule has 1 rings (SSSR count). The highest BCUT2D eigenvalue weighted by Crippen LogP contribution is 1.90. The van der Waals surface area contributed by atoms with Crippen molar-refractivity contribution in [1.82, 2.24) is 9.13 Å². The van der Waals surface area contributed by atoms with Crippen molar-refractivity contribution in [1.29, 1.82) is 0 Å². The maximum Gasteiger partial charge on any atom is 0.345 e. The van der Waals surface area contributed by atoms with Gasteiger partial charge in [0.15, 0.2) is 0 Å². The van der Waals surface area contributed by atoms with E-state index in [4.69, 9.17) is 0 Å². The predicted octanol–water partition coefficient (Wildman–Crippen LogP) is -1.13. The molecule has 0 fully saturated rings. The maximum atomic E-state index is 11.4. The Morgan fingerprint density at radius 2 is 1.93 bits per heavy atom. The summed E-state index contributed by atoms with van der Waals surface area (Å²) in [6.45, 7) is 0. The zero-order valence-electron chi connectivity index (χ0n) is 8.10. The van der Waals surface area contributed by atoms with Crippen LogP contribution in [-0.2, 0) is 18.8 Å². The first kappa shape index (κ1) is 10.2. The molecular weight excluding hydrogens is 188 g/mol. The Balaban J connectivity index is 3.57. The zero-order valence-corrected chi connectivity index (χ0v) is 8.10. The third-order valence-corrected chi connectivity index (χ3v) is 1.85. The van der Waals surface area contributed by atoms with Crippen LogP contribution in [0.1, 0.15) is 10.4 Å². The van der Waals surface area contributed by atoms with E-state index in [2.05, 4.69) is 4.74 Å². The molecule has 0 N–H and O–H groups in total. The number of methoxy groups -OCH3 is 1. The van der Waals surface area contributed by atoms with Gasteiger partial charge in [0.2, 0.25) is 0 Å². The Hall–Kier alpha value is -1.85. The number of nitrogens with zero attached hydrogens (tertiary/aromatic N) is 2. The summed E-state index contributed by atoms with van der Waals surface area (Å²) >= 11 is 0. The lowest BCUT2D eigenvalue weighted by Gasteiger charge is -2.04. The average Bonchev–Trinajstić information content (AvgIpc) is 2.19. The van der Waals surface area contributed by atoms with E-state index in [1.165, 1.54) is 21.2 Å². The summed E-state index contributed by atoms with van der Waals surface area (Å²) in [5.74, 6) is -0.749. The summed E-state index contributed by atoms with van der Waals surface area (Å²) in [6, 6.07) is 0. The smallest absolute Gasteiger partial charge is 0.345 e. The fourth-order valence-corrected chi connectivity index (χ4v) is 1.06. The van der Waals surface area contributed by atoms with Gasteiger partial charge in [-0.05, 0) is 0 Å². The van der Waals surface area contributed by atoms with Crippen LogP contribution in [0.5, 0.6) is 0 Å². The number of rotatable bonds is 1. The number of carbonyl (C=O) groups is 1. The molecule has 1 heterocycles. The van der Waals surface area contributed by atoms with E-state index in [-0.39, 0.29) is 5.56 Å². The van der Waals surface area contributed by atoms with Crippen LogP contribution in [0.15, 0.2) is 15.8 Å². The molecule has 0 unspecified atom stereocenters. The van der Waals surface area contributed by atoms with Crippen molar-refractivity contribution in [3.8, 4) is 0 Å². The molecule has 0 aliphatic carbocycles. The van der Waals surface area contributed by atoms with Gasteiger partial charge >= 0.3 is 11.7 Å². The predicted molar refractivity (Wildman–Crippen MR) is 48.3 cm³/mol. The first-order valence-corrected chi connectivity index (χ1v) is 3.84. The van der Waals surface area contributed by atoms with E-state index in [0.717, 1.165) is 15.3 Å². The molecule has 0 aromatic carbocycles. The van der Waals surface area contributed by atoms with Gasteiger partial charge in [-0.25, -0.2) is 9.59 Å². The van der Waals surface area contributed by atoms with E-state index in [9.17, 15) is 14.4 Å². The van der Waals surface area contributed by atoms with Crippen molar-refractivity contribution in [3.05, 3.63) is 32.6 Å². The summed E-state index contributed by atoms with van der Waals surface area (Å²) in [6.07, 6.45) is 1.16. The quantitative estimate of drug-likeness (QED) is 0.535. The van der Waals surface area contributed by atoms with Crippen LogP contribution >= 0.6 is 0 Å². The van der Waals surface area contributed by atoms with Crippen molar-refractivity contribution in [2.75, 3.05) is 7.11 Å². The van der Waals surface area contributed by atoms with Gasteiger partial charge in [0.25, 0.3) is 5.56 Å². The molecule has 0 saturated carbocycles. The normalized spacial score (nSPS) is 9.93. The minimum Gasteiger partial charge on any atom is -0.465 e. The molecular formula is C8H10N2O4. The molecule has 76 valence electrons. The van der Waals surface area contributed by atoms with Crippen LogP contribution in [0.25, 0.3) is 0 Å². The standard InChI is InChI=1S/C8H10N2O4/c1-9-4-5(7(12)14-3)6(11)10(2)8(9)13/h4H,1-3H3. The Morgan fingerprint density at radius 1 is 1.36 bits per heavy atom. The number of carbonyl (C=O) groups excluding carboxylic acids is 1. The van der Waals surface area contributed by atoms with Crippen LogP contribution in [0.3, 0.4) is 0 Å². The minimum atomic E-state index is -0.749. The topological polar surface area (TPSA) is 70.3 Å². The van der Waals surface area contributed by atoms with Crippen molar-refractivity contribution in [3.63, 3.8) is 0 Å². The number of aromatic nitrogens is 2. The van der Waals surface area contributed by atoms with E-state index < -0.39 is 17.2 Å². The fourth-order valence-electron chi connectivity index (χ4n) is 1.06. The zero-order chi connectivity index (χ0) is 10.9. The summed E-state index contributed by atoms with van der Waals surface area (Å²) in [4.78, 5) is 33.7. The number of hydrogen-bond donors (Lipinski definition) is 0. The Morgan fingerprint density at radius 3 is 2.43 bits per heavy atom. The molecule has 0 atom stereocenters. The number of aryl methyl sites for hydroxylation is 1. The second-order valence-electron chi connectivity index (χ2n) is 2.79. The number of ether oxygens (including phenoxy) is 1. The fraction of sp³-hybridized carbons (Fsp3) is 0.375. The van der Waals surface area contributed by atoms with Crippen molar-refractivity contribution >= 4 is 5.97 Å². The van der Waals surface area contributed by atoms with Gasteiger partial charge in [0.1, 0.15) is 5.56 Å². The molecule has 1 aromatic heterocycles. The summed E-state index contributed by atoms with van der Waals surface area (Å²) in [7, 11) is 3.93. The van der Waals surface area contributed by atoms with Gasteiger partial charge in [-0.1, -0.05) is 0 Å². The van der Waals surface area contributed by atoms with Crippen LogP contribution in [-0.4, -0.2) is 22.2 Å². The summed E-state index contributed by atoms with van der Waals surface area (Å²) in [5, 5.41) is 0. The van der Waals surface area contributed by atoms with Crippen LogP contribution in [0, 0.1) is 0 Å². The van der Waals surface area contributed by atoms with Crippen LogP contribution in [0.2, 0.25) is 0 Å². The molecule has 0 amide bonds. The summed E-state index contributed by atoms with van der Waals surface area (Å²) in [5.41, 5.74) is -1.29. The molecule has 0 aliphatic rings. The van der Waals surface area contributed by atoms with Gasteiger partial charge in [-0.15, -0.1) is 0 Å². The largest absolute Gasteiger partial charge is 0.465 e. The van der Waals surface area contributed by atoms with Crippen molar-refractivity contribution in [2.24, 2.45) is 14.1 Å². The van der Waals surface area contributed by atoms with Gasteiger partial charge in [-0.3, -0.25) is 9.36 Å². The van der Waals surface area contributed by atoms with Gasteiger partial charge in [-0.2, -0.15) is 0 Å². The average molecular weight is 198 g/mol. The SMILES string of the molecule is COC(=O)c1cn(C)c(=O)n(C)c1=O. The second-order valence-corrected chi connectivity index (χ2v) is 2.79. The molecule has 0 spiro atoms. The highest BCUT2D eigenvalue weighted by molar-refractivity contribution is 5.88. The lowest BCUT2D eigenvalue weighted by atomic mass is 10.3. The molecule has 14 heavy (non-hydrogen) atoms. The highest BCUT2D eigenvalue weighted by Gasteiger charge is 2.14. The van der Waals surface area contributed by atoms with Crippen molar-refractivity contribution < 1.29 is 9.53 Å². The molecule has 0 bridgehead atoms.